The standard InChI is InChI=1S/C37H38N4O/c1-23(2)17-29(18-24(3)40-37(42)26-9-5-6-10-26)27-14-15-35-32(20-27)31(19-25(4)39-35)36-21-33-30(12-7-13-34(33)41-36)28-11-8-16-38-22-28/h7-8,11-22,25-26,39,41H,1,5-6,9-10H2,2-4H3,(H,40,42)/b24-18+,29-17+. The van der Waals surface area contributed by atoms with Gasteiger partial charge in [0.05, 0.1) is 0 Å². The van der Waals surface area contributed by atoms with Crippen molar-refractivity contribution in [1.29, 1.82) is 0 Å². The van der Waals surface area contributed by atoms with Crippen LogP contribution in [0.4, 0.5) is 5.69 Å². The highest BCUT2D eigenvalue weighted by molar-refractivity contribution is 6.00. The van der Waals surface area contributed by atoms with Crippen molar-refractivity contribution < 1.29 is 4.79 Å². The van der Waals surface area contributed by atoms with E-state index in [9.17, 15) is 4.79 Å². The normalized spacial score (nSPS) is 17.5. The maximum absolute atomic E-state index is 12.8. The number of amides is 1. The molecule has 6 rings (SSSR count). The van der Waals surface area contributed by atoms with Crippen molar-refractivity contribution in [3.63, 3.8) is 0 Å². The Labute approximate surface area is 248 Å². The minimum Gasteiger partial charge on any atom is -0.379 e. The first kappa shape index (κ1) is 27.5. The number of hydrogen-bond donors (Lipinski definition) is 3. The van der Waals surface area contributed by atoms with Gasteiger partial charge in [-0.2, -0.15) is 0 Å². The number of pyridine rings is 1. The molecule has 3 heterocycles. The molecule has 0 saturated heterocycles. The average molecular weight is 555 g/mol. The first-order valence-electron chi connectivity index (χ1n) is 14.9. The molecule has 0 radical (unpaired) electrons. The third-order valence-electron chi connectivity index (χ3n) is 8.19. The SMILES string of the molecule is C=C(C)/C=C(\C=C(/C)NC(=O)C1CCCC1)c1ccc2c(c1)C(c1cc3c(-c4cccnc4)cccc3[nH]1)=CC(C)N2. The van der Waals surface area contributed by atoms with Gasteiger partial charge >= 0.3 is 0 Å². The maximum Gasteiger partial charge on any atom is 0.227 e. The predicted octanol–water partition coefficient (Wildman–Crippen LogP) is 8.65. The molecular formula is C37H38N4O. The molecule has 1 aliphatic heterocycles. The Balaban J connectivity index is 1.38. The van der Waals surface area contributed by atoms with Crippen molar-refractivity contribution in [2.75, 3.05) is 5.32 Å². The molecular weight excluding hydrogens is 516 g/mol. The van der Waals surface area contributed by atoms with Crippen LogP contribution in [-0.4, -0.2) is 21.9 Å². The van der Waals surface area contributed by atoms with Gasteiger partial charge in [0.2, 0.25) is 5.91 Å². The van der Waals surface area contributed by atoms with E-state index in [1.807, 2.05) is 26.1 Å². The largest absolute Gasteiger partial charge is 0.379 e. The van der Waals surface area contributed by atoms with Crippen molar-refractivity contribution in [2.45, 2.75) is 52.5 Å². The molecule has 1 aliphatic carbocycles. The second-order valence-corrected chi connectivity index (χ2v) is 11.7. The summed E-state index contributed by atoms with van der Waals surface area (Å²) in [5.74, 6) is 0.260. The zero-order chi connectivity index (χ0) is 29.2. The zero-order valence-corrected chi connectivity index (χ0v) is 24.6. The van der Waals surface area contributed by atoms with Gasteiger partial charge < -0.3 is 15.6 Å². The number of allylic oxidation sites excluding steroid dienone is 5. The Bertz CT molecular complexity index is 1750. The highest BCUT2D eigenvalue weighted by Gasteiger charge is 2.23. The number of carbonyl (C=O) groups is 1. The summed E-state index contributed by atoms with van der Waals surface area (Å²) < 4.78 is 0. The lowest BCUT2D eigenvalue weighted by atomic mass is 9.91. The molecule has 4 aromatic rings. The quantitative estimate of drug-likeness (QED) is 0.200. The third kappa shape index (κ3) is 5.73. The zero-order valence-electron chi connectivity index (χ0n) is 24.6. The summed E-state index contributed by atoms with van der Waals surface area (Å²) in [7, 11) is 0. The molecule has 212 valence electrons. The first-order chi connectivity index (χ1) is 20.4. The Hall–Kier alpha value is -4.64. The number of rotatable bonds is 7. The topological polar surface area (TPSA) is 69.8 Å². The predicted molar refractivity (Wildman–Crippen MR) is 175 cm³/mol. The van der Waals surface area contributed by atoms with Gasteiger partial charge in [-0.25, -0.2) is 0 Å². The summed E-state index contributed by atoms with van der Waals surface area (Å²) in [6.45, 7) is 10.3. The lowest BCUT2D eigenvalue weighted by Gasteiger charge is -2.25. The van der Waals surface area contributed by atoms with Crippen LogP contribution >= 0.6 is 0 Å². The lowest BCUT2D eigenvalue weighted by Crippen LogP contribution is -2.27. The van der Waals surface area contributed by atoms with E-state index >= 15 is 0 Å². The van der Waals surface area contributed by atoms with Gasteiger partial charge in [-0.05, 0) is 86.7 Å². The van der Waals surface area contributed by atoms with Crippen LogP contribution in [0.5, 0.6) is 0 Å². The highest BCUT2D eigenvalue weighted by atomic mass is 16.1. The molecule has 2 aromatic carbocycles. The van der Waals surface area contributed by atoms with Gasteiger partial charge in [0.15, 0.2) is 0 Å². The molecule has 1 saturated carbocycles. The van der Waals surface area contributed by atoms with Crippen molar-refractivity contribution in [3.8, 4) is 11.1 Å². The van der Waals surface area contributed by atoms with Gasteiger partial charge in [0, 0.05) is 69.0 Å². The fourth-order valence-electron chi connectivity index (χ4n) is 6.24. The van der Waals surface area contributed by atoms with E-state index in [2.05, 4.69) is 101 Å². The second-order valence-electron chi connectivity index (χ2n) is 11.7. The second kappa shape index (κ2) is 11.7. The van der Waals surface area contributed by atoms with E-state index in [4.69, 9.17) is 0 Å². The molecule has 1 amide bonds. The van der Waals surface area contributed by atoms with Crippen molar-refractivity contribution in [3.05, 3.63) is 120 Å². The minimum absolute atomic E-state index is 0.126. The number of aromatic amines is 1. The summed E-state index contributed by atoms with van der Waals surface area (Å²) in [6, 6.07) is 19.4. The van der Waals surface area contributed by atoms with Gasteiger partial charge in [0.1, 0.15) is 0 Å². The number of carbonyl (C=O) groups excluding carboxylic acids is 1. The average Bonchev–Trinajstić information content (AvgIpc) is 3.67. The molecule has 2 aromatic heterocycles. The van der Waals surface area contributed by atoms with Crippen molar-refractivity contribution >= 4 is 33.6 Å². The number of benzene rings is 2. The van der Waals surface area contributed by atoms with E-state index < -0.39 is 0 Å². The molecule has 5 heteroatoms. The van der Waals surface area contributed by atoms with E-state index in [1.165, 1.54) is 5.39 Å². The molecule has 1 fully saturated rings. The van der Waals surface area contributed by atoms with E-state index in [-0.39, 0.29) is 17.9 Å². The number of nitrogens with one attached hydrogen (secondary N) is 3. The molecule has 5 nitrogen and oxygen atoms in total. The fourth-order valence-corrected chi connectivity index (χ4v) is 6.24. The Morgan fingerprint density at radius 2 is 1.86 bits per heavy atom. The van der Waals surface area contributed by atoms with Crippen LogP contribution in [0.25, 0.3) is 33.2 Å². The summed E-state index contributed by atoms with van der Waals surface area (Å²) in [4.78, 5) is 20.8. The number of aromatic nitrogens is 2. The third-order valence-corrected chi connectivity index (χ3v) is 8.19. The molecule has 42 heavy (non-hydrogen) atoms. The lowest BCUT2D eigenvalue weighted by molar-refractivity contribution is -0.124. The van der Waals surface area contributed by atoms with Gasteiger partial charge in [-0.1, -0.05) is 61.4 Å². The van der Waals surface area contributed by atoms with E-state index in [1.54, 1.807) is 6.20 Å². The molecule has 1 unspecified atom stereocenters. The van der Waals surface area contributed by atoms with Gasteiger partial charge in [-0.3, -0.25) is 9.78 Å². The fraction of sp³-hybridized carbons (Fsp3) is 0.243. The van der Waals surface area contributed by atoms with Crippen LogP contribution in [0, 0.1) is 5.92 Å². The monoisotopic (exact) mass is 554 g/mol. The van der Waals surface area contributed by atoms with Crippen LogP contribution < -0.4 is 10.6 Å². The van der Waals surface area contributed by atoms with E-state index in [0.29, 0.717) is 0 Å². The number of hydrogen-bond acceptors (Lipinski definition) is 3. The number of anilines is 1. The highest BCUT2D eigenvalue weighted by Crippen LogP contribution is 2.39. The summed E-state index contributed by atoms with van der Waals surface area (Å²) >= 11 is 0. The Morgan fingerprint density at radius 3 is 2.62 bits per heavy atom. The van der Waals surface area contributed by atoms with Gasteiger partial charge in [0.25, 0.3) is 0 Å². The van der Waals surface area contributed by atoms with Crippen LogP contribution in [0.2, 0.25) is 0 Å². The van der Waals surface area contributed by atoms with Crippen LogP contribution in [0.1, 0.15) is 63.3 Å². The van der Waals surface area contributed by atoms with Crippen molar-refractivity contribution in [1.82, 2.24) is 15.3 Å². The van der Waals surface area contributed by atoms with Crippen molar-refractivity contribution in [2.24, 2.45) is 5.92 Å². The first-order valence-corrected chi connectivity index (χ1v) is 14.9. The Morgan fingerprint density at radius 1 is 1.02 bits per heavy atom. The summed E-state index contributed by atoms with van der Waals surface area (Å²) in [5, 5.41) is 7.95. The molecule has 0 spiro atoms. The van der Waals surface area contributed by atoms with E-state index in [0.717, 1.165) is 87.3 Å². The Kier molecular flexibility index (Phi) is 7.66. The maximum atomic E-state index is 12.8. The summed E-state index contributed by atoms with van der Waals surface area (Å²) in [6.07, 6.45) is 14.4. The molecule has 2 aliphatic rings. The molecule has 1 atom stereocenters. The van der Waals surface area contributed by atoms with Crippen LogP contribution in [0.3, 0.4) is 0 Å². The molecule has 3 N–H and O–H groups in total. The van der Waals surface area contributed by atoms with Crippen LogP contribution in [-0.2, 0) is 4.79 Å². The summed E-state index contributed by atoms with van der Waals surface area (Å²) in [5.41, 5.74) is 11.7. The van der Waals surface area contributed by atoms with Crippen LogP contribution in [0.15, 0.2) is 103 Å². The van der Waals surface area contributed by atoms with Gasteiger partial charge in [-0.15, -0.1) is 0 Å². The number of fused-ring (bicyclic) bond motifs is 2. The smallest absolute Gasteiger partial charge is 0.227 e. The number of nitrogens with zero attached hydrogens (tertiary/aromatic N) is 1. The molecule has 0 bridgehead atoms. The number of H-pyrrole nitrogens is 1. The minimum atomic E-state index is 0.126.